The minimum Gasteiger partial charge on any atom is -0.370 e. The second-order valence-electron chi connectivity index (χ2n) is 8.50. The molecule has 0 spiro atoms. The summed E-state index contributed by atoms with van der Waals surface area (Å²) < 4.78 is 4.29. The molecule has 0 saturated carbocycles. The summed E-state index contributed by atoms with van der Waals surface area (Å²) in [6.45, 7) is 5.40. The number of anilines is 1. The van der Waals surface area contributed by atoms with Crippen molar-refractivity contribution in [2.24, 2.45) is 10.2 Å². The summed E-state index contributed by atoms with van der Waals surface area (Å²) in [6.07, 6.45) is 0. The summed E-state index contributed by atoms with van der Waals surface area (Å²) in [5.74, 6) is -0.519. The predicted molar refractivity (Wildman–Crippen MR) is 141 cm³/mol. The van der Waals surface area contributed by atoms with Gasteiger partial charge >= 0.3 is 0 Å². The molecule has 0 atom stereocenters. The number of hydrogen-bond donors (Lipinski definition) is 0. The van der Waals surface area contributed by atoms with Gasteiger partial charge in [0.05, 0.1) is 27.3 Å². The van der Waals surface area contributed by atoms with Crippen LogP contribution in [0.2, 0.25) is 0 Å². The Morgan fingerprint density at radius 1 is 1.03 bits per heavy atom. The molecule has 2 amide bonds. The second-order valence-corrected chi connectivity index (χ2v) is 9.26. The van der Waals surface area contributed by atoms with Crippen LogP contribution in [0.15, 0.2) is 70.9 Å². The van der Waals surface area contributed by atoms with Crippen LogP contribution in [0.3, 0.4) is 0 Å². The zero-order valence-corrected chi connectivity index (χ0v) is 20.9. The van der Waals surface area contributed by atoms with Gasteiger partial charge in [-0.2, -0.15) is 4.37 Å². The lowest BCUT2D eigenvalue weighted by Crippen LogP contribution is -2.38. The zero-order chi connectivity index (χ0) is 26.1. The molecule has 10 nitrogen and oxygen atoms in total. The highest BCUT2D eigenvalue weighted by Gasteiger charge is 2.34. The number of carbonyl (C=O) groups is 2. The summed E-state index contributed by atoms with van der Waals surface area (Å²) >= 11 is 1.13. The first kappa shape index (κ1) is 24.2. The highest BCUT2D eigenvalue weighted by molar-refractivity contribution is 7.11. The van der Waals surface area contributed by atoms with Crippen LogP contribution in [0, 0.1) is 17.0 Å². The molecule has 1 aromatic heterocycles. The van der Waals surface area contributed by atoms with Crippen LogP contribution in [0.25, 0.3) is 10.9 Å². The Bertz CT molecular complexity index is 1550. The van der Waals surface area contributed by atoms with Gasteiger partial charge < -0.3 is 4.90 Å². The Balaban J connectivity index is 1.30. The zero-order valence-electron chi connectivity index (χ0n) is 20.1. The number of nitro groups is 1. The van der Waals surface area contributed by atoms with E-state index >= 15 is 0 Å². The molecule has 0 bridgehead atoms. The molecule has 0 unspecified atom stereocenters. The van der Waals surface area contributed by atoms with Crippen molar-refractivity contribution in [1.29, 1.82) is 0 Å². The largest absolute Gasteiger partial charge is 0.370 e. The maximum atomic E-state index is 12.7. The number of amides is 2. The third-order valence-corrected chi connectivity index (χ3v) is 7.06. The maximum Gasteiger partial charge on any atom is 0.270 e. The number of rotatable bonds is 8. The van der Waals surface area contributed by atoms with E-state index in [0.717, 1.165) is 22.8 Å². The summed E-state index contributed by atoms with van der Waals surface area (Å²) in [6, 6.07) is 17.1. The standard InChI is InChI=1S/C26H22N6O4S/c1-3-30(12-13-31-25(33)19-6-4-5-7-20(19)26(31)34)17-8-10-22(16(2)14-17)27-28-24-21-15-18(32(35)36)9-11-23(21)29-37-24/h4-11,14-15H,3,12-13H2,1-2H3. The van der Waals surface area contributed by atoms with Crippen molar-refractivity contribution in [3.63, 3.8) is 0 Å². The molecular weight excluding hydrogens is 492 g/mol. The van der Waals surface area contributed by atoms with Gasteiger partial charge in [0, 0.05) is 42.8 Å². The molecule has 1 aliphatic heterocycles. The average Bonchev–Trinajstić information content (AvgIpc) is 3.42. The van der Waals surface area contributed by atoms with Gasteiger partial charge in [0.2, 0.25) is 0 Å². The monoisotopic (exact) mass is 514 g/mol. The molecule has 2 heterocycles. The molecule has 0 fully saturated rings. The topological polar surface area (TPSA) is 121 Å². The van der Waals surface area contributed by atoms with Crippen molar-refractivity contribution in [3.05, 3.63) is 87.5 Å². The predicted octanol–water partition coefficient (Wildman–Crippen LogP) is 6.05. The van der Waals surface area contributed by atoms with Gasteiger partial charge in [-0.3, -0.25) is 24.6 Å². The van der Waals surface area contributed by atoms with E-state index in [-0.39, 0.29) is 24.0 Å². The number of nitro benzene ring substituents is 1. The van der Waals surface area contributed by atoms with Crippen LogP contribution in [0.4, 0.5) is 22.1 Å². The van der Waals surface area contributed by atoms with Crippen molar-refractivity contribution in [3.8, 4) is 0 Å². The Morgan fingerprint density at radius 2 is 1.76 bits per heavy atom. The third-order valence-electron chi connectivity index (χ3n) is 6.30. The van der Waals surface area contributed by atoms with E-state index in [1.165, 1.54) is 17.0 Å². The Hall–Kier alpha value is -4.51. The number of carbonyl (C=O) groups excluding carboxylic acids is 2. The van der Waals surface area contributed by atoms with Gasteiger partial charge in [0.1, 0.15) is 0 Å². The summed E-state index contributed by atoms with van der Waals surface area (Å²) in [7, 11) is 0. The van der Waals surface area contributed by atoms with Crippen molar-refractivity contribution in [1.82, 2.24) is 9.27 Å². The molecule has 37 heavy (non-hydrogen) atoms. The summed E-state index contributed by atoms with van der Waals surface area (Å²) in [5, 5.41) is 20.9. The van der Waals surface area contributed by atoms with Crippen molar-refractivity contribution >= 4 is 56.3 Å². The molecule has 3 aromatic carbocycles. The number of fused-ring (bicyclic) bond motifs is 2. The van der Waals surface area contributed by atoms with E-state index in [2.05, 4.69) is 19.5 Å². The lowest BCUT2D eigenvalue weighted by atomic mass is 10.1. The van der Waals surface area contributed by atoms with Crippen LogP contribution < -0.4 is 4.90 Å². The minimum absolute atomic E-state index is 0.0226. The smallest absolute Gasteiger partial charge is 0.270 e. The van der Waals surface area contributed by atoms with Gasteiger partial charge in [-0.15, -0.1) is 10.2 Å². The quantitative estimate of drug-likeness (QED) is 0.122. The maximum absolute atomic E-state index is 12.7. The van der Waals surface area contributed by atoms with Gasteiger partial charge in [-0.05, 0) is 67.3 Å². The second kappa shape index (κ2) is 9.86. The van der Waals surface area contributed by atoms with Gasteiger partial charge in [0.15, 0.2) is 5.00 Å². The van der Waals surface area contributed by atoms with E-state index < -0.39 is 4.92 Å². The fourth-order valence-electron chi connectivity index (χ4n) is 4.28. The third kappa shape index (κ3) is 4.56. The Labute approximate surface area is 216 Å². The lowest BCUT2D eigenvalue weighted by Gasteiger charge is -2.26. The summed E-state index contributed by atoms with van der Waals surface area (Å²) in [4.78, 5) is 39.4. The number of non-ortho nitro benzene ring substituents is 1. The van der Waals surface area contributed by atoms with Crippen LogP contribution in [-0.2, 0) is 0 Å². The number of hydrogen-bond acceptors (Lipinski definition) is 9. The average molecular weight is 515 g/mol. The Morgan fingerprint density at radius 3 is 2.41 bits per heavy atom. The molecule has 1 aliphatic rings. The fourth-order valence-corrected chi connectivity index (χ4v) is 4.97. The lowest BCUT2D eigenvalue weighted by molar-refractivity contribution is -0.384. The van der Waals surface area contributed by atoms with Gasteiger partial charge in [0.25, 0.3) is 17.5 Å². The number of likely N-dealkylation sites (N-methyl/N-ethyl adjacent to an activating group) is 1. The van der Waals surface area contributed by atoms with Crippen LogP contribution in [0.5, 0.6) is 0 Å². The van der Waals surface area contributed by atoms with Crippen LogP contribution in [0.1, 0.15) is 33.2 Å². The van der Waals surface area contributed by atoms with Crippen molar-refractivity contribution in [2.75, 3.05) is 24.5 Å². The van der Waals surface area contributed by atoms with E-state index in [4.69, 9.17) is 0 Å². The number of imide groups is 1. The molecule has 5 rings (SSSR count). The van der Waals surface area contributed by atoms with Gasteiger partial charge in [-0.1, -0.05) is 12.1 Å². The number of aryl methyl sites for hydroxylation is 1. The first-order valence-electron chi connectivity index (χ1n) is 11.6. The van der Waals surface area contributed by atoms with E-state index in [0.29, 0.717) is 45.8 Å². The van der Waals surface area contributed by atoms with Crippen molar-refractivity contribution < 1.29 is 14.5 Å². The molecule has 186 valence electrons. The number of benzene rings is 3. The molecule has 11 heteroatoms. The fraction of sp³-hybridized carbons (Fsp3) is 0.192. The van der Waals surface area contributed by atoms with E-state index in [1.807, 2.05) is 32.0 Å². The van der Waals surface area contributed by atoms with Crippen LogP contribution >= 0.6 is 11.5 Å². The van der Waals surface area contributed by atoms with E-state index in [1.54, 1.807) is 30.3 Å². The SMILES string of the molecule is CCN(CCN1C(=O)c2ccccc2C1=O)c1ccc(N=Nc2snc3ccc([N+](=O)[O-])cc23)c(C)c1. The number of nitrogens with zero attached hydrogens (tertiary/aromatic N) is 6. The highest BCUT2D eigenvalue weighted by Crippen LogP contribution is 2.35. The highest BCUT2D eigenvalue weighted by atomic mass is 32.1. The first-order valence-corrected chi connectivity index (χ1v) is 12.4. The molecule has 0 radical (unpaired) electrons. The summed E-state index contributed by atoms with van der Waals surface area (Å²) in [5.41, 5.74) is 3.99. The minimum atomic E-state index is -0.450. The van der Waals surface area contributed by atoms with E-state index in [9.17, 15) is 19.7 Å². The number of aromatic nitrogens is 1. The number of azo groups is 1. The van der Waals surface area contributed by atoms with Crippen molar-refractivity contribution in [2.45, 2.75) is 13.8 Å². The van der Waals surface area contributed by atoms with Crippen LogP contribution in [-0.4, -0.2) is 45.6 Å². The molecule has 4 aromatic rings. The van der Waals surface area contributed by atoms with Gasteiger partial charge in [-0.25, -0.2) is 0 Å². The Kier molecular flexibility index (Phi) is 6.45. The molecule has 0 N–H and O–H groups in total. The molecule has 0 saturated heterocycles. The molecular formula is C26H22N6O4S. The molecule has 0 aliphatic carbocycles. The first-order chi connectivity index (χ1) is 17.9. The normalized spacial score (nSPS) is 13.1.